The number of nitrogens with one attached hydrogen (secondary N) is 1. The second-order valence-electron chi connectivity index (χ2n) is 4.75. The van der Waals surface area contributed by atoms with E-state index in [9.17, 15) is 14.4 Å². The molecular weight excluding hydrogens is 264 g/mol. The van der Waals surface area contributed by atoms with E-state index in [2.05, 4.69) is 16.7 Å². The third-order valence-electron chi connectivity index (χ3n) is 3.52. The first-order valence-corrected chi connectivity index (χ1v) is 6.22. The summed E-state index contributed by atoms with van der Waals surface area (Å²) in [5.41, 5.74) is -1.46. The van der Waals surface area contributed by atoms with Crippen LogP contribution in [0.25, 0.3) is 4.85 Å². The Morgan fingerprint density at radius 2 is 2.40 bits per heavy atom. The molecule has 3 unspecified atom stereocenters. The van der Waals surface area contributed by atoms with Crippen molar-refractivity contribution in [3.8, 4) is 0 Å². The van der Waals surface area contributed by atoms with Gasteiger partial charge in [-0.05, 0) is 12.5 Å². The van der Waals surface area contributed by atoms with Crippen molar-refractivity contribution in [3.05, 3.63) is 24.1 Å². The summed E-state index contributed by atoms with van der Waals surface area (Å²) < 4.78 is 10.3. The van der Waals surface area contributed by atoms with Gasteiger partial charge in [-0.3, -0.25) is 14.4 Å². The van der Waals surface area contributed by atoms with E-state index in [1.807, 2.05) is 0 Å². The lowest BCUT2D eigenvalue weighted by molar-refractivity contribution is -0.171. The van der Waals surface area contributed by atoms with Crippen LogP contribution in [0.5, 0.6) is 0 Å². The van der Waals surface area contributed by atoms with Crippen molar-refractivity contribution < 1.29 is 23.9 Å². The number of carbonyl (C=O) groups is 3. The summed E-state index contributed by atoms with van der Waals surface area (Å²) >= 11 is 0. The highest BCUT2D eigenvalue weighted by molar-refractivity contribution is 5.89. The first kappa shape index (κ1) is 14.1. The molecule has 1 saturated carbocycles. The van der Waals surface area contributed by atoms with Gasteiger partial charge in [-0.2, -0.15) is 0 Å². The van der Waals surface area contributed by atoms with Gasteiger partial charge in [-0.25, -0.2) is 11.4 Å². The topological polar surface area (TPSA) is 86.1 Å². The third-order valence-corrected chi connectivity index (χ3v) is 3.52. The fourth-order valence-corrected chi connectivity index (χ4v) is 2.43. The maximum absolute atomic E-state index is 11.7. The quantitative estimate of drug-likeness (QED) is 0.450. The molecule has 0 aromatic rings. The van der Waals surface area contributed by atoms with Crippen LogP contribution in [0.2, 0.25) is 0 Å². The number of nitrogens with zero attached hydrogens (tertiary/aromatic N) is 1. The lowest BCUT2D eigenvalue weighted by Gasteiger charge is -2.28. The molecule has 20 heavy (non-hydrogen) atoms. The van der Waals surface area contributed by atoms with Crippen LogP contribution < -0.4 is 5.32 Å². The molecule has 0 aromatic heterocycles. The highest BCUT2D eigenvalue weighted by Crippen LogP contribution is 2.43. The molecule has 2 fully saturated rings. The minimum absolute atomic E-state index is 0.200. The van der Waals surface area contributed by atoms with Crippen LogP contribution in [-0.4, -0.2) is 36.2 Å². The molecule has 2 bridgehead atoms. The second kappa shape index (κ2) is 5.33. The van der Waals surface area contributed by atoms with Gasteiger partial charge in [0.05, 0.1) is 12.3 Å². The van der Waals surface area contributed by atoms with Gasteiger partial charge in [-0.15, -0.1) is 0 Å². The van der Waals surface area contributed by atoms with Crippen molar-refractivity contribution in [2.24, 2.45) is 5.92 Å². The predicted octanol–water partition coefficient (Wildman–Crippen LogP) is 0.173. The smallest absolute Gasteiger partial charge is 0.414 e. The highest BCUT2D eigenvalue weighted by Gasteiger charge is 2.60. The van der Waals surface area contributed by atoms with Gasteiger partial charge < -0.3 is 14.8 Å². The van der Waals surface area contributed by atoms with Crippen LogP contribution in [0.1, 0.15) is 19.3 Å². The summed E-state index contributed by atoms with van der Waals surface area (Å²) in [6.07, 6.45) is 1.43. The number of esters is 2. The number of carbonyl (C=O) groups excluding carboxylic acids is 3. The summed E-state index contributed by atoms with van der Waals surface area (Å²) in [7, 11) is 0. The Morgan fingerprint density at radius 3 is 3.05 bits per heavy atom. The Bertz CT molecular complexity index is 509. The molecule has 1 heterocycles. The molecule has 7 heteroatoms. The van der Waals surface area contributed by atoms with Crippen LogP contribution >= 0.6 is 0 Å². The summed E-state index contributed by atoms with van der Waals surface area (Å²) in [4.78, 5) is 37.5. The molecule has 1 N–H and O–H groups in total. The van der Waals surface area contributed by atoms with E-state index in [1.54, 1.807) is 0 Å². The molecule has 2 rings (SSSR count). The van der Waals surface area contributed by atoms with E-state index in [1.165, 1.54) is 0 Å². The summed E-state index contributed by atoms with van der Waals surface area (Å²) in [5.74, 6) is -1.78. The molecule has 0 aromatic carbocycles. The molecule has 7 nitrogen and oxygen atoms in total. The first-order valence-electron chi connectivity index (χ1n) is 6.22. The van der Waals surface area contributed by atoms with E-state index in [0.717, 1.165) is 6.08 Å². The number of hydrogen-bond donors (Lipinski definition) is 1. The fourth-order valence-electron chi connectivity index (χ4n) is 2.43. The number of hydrogen-bond acceptors (Lipinski definition) is 5. The zero-order chi connectivity index (χ0) is 14.8. The van der Waals surface area contributed by atoms with Crippen LogP contribution in [0, 0.1) is 12.5 Å². The second-order valence-corrected chi connectivity index (χ2v) is 4.75. The minimum Gasteiger partial charge on any atom is -0.449 e. The van der Waals surface area contributed by atoms with E-state index in [4.69, 9.17) is 16.0 Å². The van der Waals surface area contributed by atoms with Gasteiger partial charge in [0, 0.05) is 6.42 Å². The number of fused-ring (bicyclic) bond motifs is 2. The first-order chi connectivity index (χ1) is 9.50. The Hall–Kier alpha value is -2.36. The molecule has 106 valence electrons. The summed E-state index contributed by atoms with van der Waals surface area (Å²) in [6, 6.07) is 0. The lowest BCUT2D eigenvalue weighted by atomic mass is 9.84. The van der Waals surface area contributed by atoms with Crippen LogP contribution in [0.3, 0.4) is 0 Å². The van der Waals surface area contributed by atoms with Crippen molar-refractivity contribution >= 4 is 17.8 Å². The van der Waals surface area contributed by atoms with Gasteiger partial charge in [0.15, 0.2) is 0 Å². The summed E-state index contributed by atoms with van der Waals surface area (Å²) in [5, 5.41) is 2.27. The van der Waals surface area contributed by atoms with E-state index >= 15 is 0 Å². The molecule has 1 aliphatic heterocycles. The molecule has 0 radical (unpaired) electrons. The largest absolute Gasteiger partial charge is 0.449 e. The molecule has 1 saturated heterocycles. The van der Waals surface area contributed by atoms with Crippen LogP contribution in [0.15, 0.2) is 12.7 Å². The standard InChI is InChI=1S/C13H14N2O5/c1-3-10(16)15-7-11(17)20-13(14-2)5-4-8-6-9(13)19-12(8)18/h3,8-9H,1,4-7H2,(H,15,16). The zero-order valence-electron chi connectivity index (χ0n) is 10.8. The predicted molar refractivity (Wildman–Crippen MR) is 65.9 cm³/mol. The van der Waals surface area contributed by atoms with Crippen molar-refractivity contribution in [2.75, 3.05) is 6.54 Å². The van der Waals surface area contributed by atoms with Crippen molar-refractivity contribution in [2.45, 2.75) is 31.1 Å². The minimum atomic E-state index is -1.46. The van der Waals surface area contributed by atoms with Crippen LogP contribution in [0.4, 0.5) is 0 Å². The number of ether oxygens (including phenoxy) is 2. The van der Waals surface area contributed by atoms with Gasteiger partial charge in [0.2, 0.25) is 12.0 Å². The number of rotatable bonds is 4. The zero-order valence-corrected chi connectivity index (χ0v) is 10.8. The average molecular weight is 278 g/mol. The Balaban J connectivity index is 2.00. The van der Waals surface area contributed by atoms with Gasteiger partial charge >= 0.3 is 17.7 Å². The Morgan fingerprint density at radius 1 is 1.65 bits per heavy atom. The van der Waals surface area contributed by atoms with E-state index < -0.39 is 23.7 Å². The molecule has 2 aliphatic rings. The van der Waals surface area contributed by atoms with Gasteiger partial charge in [0.1, 0.15) is 6.54 Å². The van der Waals surface area contributed by atoms with Crippen LogP contribution in [-0.2, 0) is 23.9 Å². The lowest BCUT2D eigenvalue weighted by Crippen LogP contribution is -2.47. The molecule has 0 spiro atoms. The average Bonchev–Trinajstić information content (AvgIpc) is 2.77. The summed E-state index contributed by atoms with van der Waals surface area (Å²) in [6.45, 7) is 10.2. The van der Waals surface area contributed by atoms with Crippen molar-refractivity contribution in [3.63, 3.8) is 0 Å². The monoisotopic (exact) mass is 278 g/mol. The molecule has 1 amide bonds. The maximum atomic E-state index is 11.7. The highest BCUT2D eigenvalue weighted by atomic mass is 16.6. The third kappa shape index (κ3) is 2.50. The van der Waals surface area contributed by atoms with E-state index in [0.29, 0.717) is 12.8 Å². The maximum Gasteiger partial charge on any atom is 0.414 e. The SMILES string of the molecule is [C-]#[N+]C1(OC(=O)CNC(=O)C=C)CCC2CC1OC2=O. The normalized spacial score (nSPS) is 30.9. The van der Waals surface area contributed by atoms with Gasteiger partial charge in [0.25, 0.3) is 0 Å². The molecule has 1 aliphatic carbocycles. The van der Waals surface area contributed by atoms with Crippen molar-refractivity contribution in [1.82, 2.24) is 5.32 Å². The number of amides is 1. The Labute approximate surface area is 115 Å². The fraction of sp³-hybridized carbons (Fsp3) is 0.538. The van der Waals surface area contributed by atoms with Gasteiger partial charge in [-0.1, -0.05) is 6.58 Å². The molecule has 3 atom stereocenters. The Kier molecular flexibility index (Phi) is 3.74. The van der Waals surface area contributed by atoms with E-state index in [-0.39, 0.29) is 24.9 Å². The van der Waals surface area contributed by atoms with Crippen molar-refractivity contribution in [1.29, 1.82) is 0 Å². The molecular formula is C13H14N2O5.